The number of rotatable bonds is 7. The van der Waals surface area contributed by atoms with Gasteiger partial charge in [-0.25, -0.2) is 13.5 Å². The molecule has 11 heteroatoms. The lowest BCUT2D eigenvalue weighted by Crippen LogP contribution is -2.20. The quantitative estimate of drug-likeness (QED) is 0.160. The summed E-state index contributed by atoms with van der Waals surface area (Å²) in [5, 5.41) is 4.09. The van der Waals surface area contributed by atoms with Crippen molar-refractivity contribution in [3.63, 3.8) is 0 Å². The summed E-state index contributed by atoms with van der Waals surface area (Å²) in [5.74, 6) is 0. The van der Waals surface area contributed by atoms with Gasteiger partial charge in [0.25, 0.3) is 10.0 Å². The Balaban J connectivity index is 1.82. The molecule has 1 unspecified atom stereocenters. The smallest absolute Gasteiger partial charge is 0.227 e. The molecule has 0 saturated heterocycles. The Labute approximate surface area is 267 Å². The average molecular weight is 689 g/mol. The molecule has 5 aromatic carbocycles. The molecule has 0 saturated carbocycles. The maximum atomic E-state index is 13.9. The Bertz CT molecular complexity index is 2010. The molecule has 1 aliphatic rings. The van der Waals surface area contributed by atoms with Crippen molar-refractivity contribution in [3.8, 4) is 0 Å². The normalized spacial score (nSPS) is 18.9. The lowest BCUT2D eigenvalue weighted by Gasteiger charge is -2.39. The molecule has 230 valence electrons. The molecular weight excluding hydrogens is 652 g/mol. The Kier molecular flexibility index (Phi) is 8.72. The van der Waals surface area contributed by atoms with Gasteiger partial charge in [-0.2, -0.15) is 12.6 Å². The highest BCUT2D eigenvalue weighted by molar-refractivity contribution is 8.39. The molecule has 1 aliphatic heterocycles. The van der Waals surface area contributed by atoms with Gasteiger partial charge in [-0.15, -0.1) is 0 Å². The van der Waals surface area contributed by atoms with Crippen molar-refractivity contribution in [1.82, 2.24) is 0 Å². The number of sulfonamides is 1. The van der Waals surface area contributed by atoms with Crippen LogP contribution in [0.2, 0.25) is 0 Å². The number of hydrogen-bond acceptors (Lipinski definition) is 5. The second-order valence-corrected chi connectivity index (χ2v) is 29.7. The van der Waals surface area contributed by atoms with Gasteiger partial charge < -0.3 is 0 Å². The first kappa shape index (κ1) is 31.9. The van der Waals surface area contributed by atoms with E-state index in [1.807, 2.05) is 105 Å². The second-order valence-electron chi connectivity index (χ2n) is 11.4. The minimum Gasteiger partial charge on any atom is -0.227 e. The van der Waals surface area contributed by atoms with Crippen LogP contribution in [0.4, 0.5) is 0 Å². The van der Waals surface area contributed by atoms with Crippen LogP contribution < -0.4 is 21.2 Å². The second kappa shape index (κ2) is 12.3. The van der Waals surface area contributed by atoms with Crippen LogP contribution in [-0.2, 0) is 10.0 Å². The maximum Gasteiger partial charge on any atom is 0.281 e. The zero-order chi connectivity index (χ0) is 31.8. The molecule has 0 amide bonds. The van der Waals surface area contributed by atoms with Gasteiger partial charge in [0, 0.05) is 28.0 Å². The van der Waals surface area contributed by atoms with Gasteiger partial charge in [-0.05, 0) is 39.1 Å². The van der Waals surface area contributed by atoms with Crippen LogP contribution in [0.3, 0.4) is 0 Å². The van der Waals surface area contributed by atoms with E-state index < -0.39 is 38.1 Å². The van der Waals surface area contributed by atoms with Gasteiger partial charge >= 0.3 is 0 Å². The topological polar surface area (TPSA) is 83.6 Å². The Morgan fingerprint density at radius 1 is 0.533 bits per heavy atom. The fraction of sp³-hybridized carbons (Fsp3) is 0.118. The van der Waals surface area contributed by atoms with Gasteiger partial charge in [0.1, 0.15) is 21.3 Å². The average Bonchev–Trinajstić information content (AvgIpc) is 3.06. The minimum atomic E-state index is -3.98. The molecule has 1 atom stereocenters. The van der Waals surface area contributed by atoms with E-state index >= 15 is 0 Å². The molecule has 6 nitrogen and oxygen atoms in total. The van der Waals surface area contributed by atoms with Crippen molar-refractivity contribution < 1.29 is 8.42 Å². The third-order valence-corrected chi connectivity index (χ3v) is 31.6. The summed E-state index contributed by atoms with van der Waals surface area (Å²) in [7, 11) is -9.74. The molecule has 0 aromatic heterocycles. The van der Waals surface area contributed by atoms with Crippen molar-refractivity contribution in [3.05, 3.63) is 151 Å². The molecule has 0 radical (unpaired) electrons. The monoisotopic (exact) mass is 688 g/mol. The molecule has 0 spiro atoms. The molecule has 0 N–H and O–H groups in total. The highest BCUT2D eigenvalue weighted by Gasteiger charge is 2.43. The number of aryl methyl sites for hydroxylation is 1. The summed E-state index contributed by atoms with van der Waals surface area (Å²) in [6, 6.07) is 48.0. The predicted octanol–water partition coefficient (Wildman–Crippen LogP) is 9.35. The van der Waals surface area contributed by atoms with Crippen molar-refractivity contribution in [2.24, 2.45) is 17.7 Å². The molecule has 1 heterocycles. The van der Waals surface area contributed by atoms with Crippen LogP contribution in [0.1, 0.15) is 5.56 Å². The number of hydrogen-bond donors (Lipinski definition) is 0. The summed E-state index contributed by atoms with van der Waals surface area (Å²) >= 11 is 0. The Morgan fingerprint density at radius 3 is 1.27 bits per heavy atom. The van der Waals surface area contributed by atoms with Crippen molar-refractivity contribution in [1.29, 1.82) is 0 Å². The van der Waals surface area contributed by atoms with Crippen molar-refractivity contribution >= 4 is 59.3 Å². The molecule has 0 bridgehead atoms. The van der Waals surface area contributed by atoms with Crippen LogP contribution in [-0.4, -0.2) is 28.4 Å². The standard InChI is InChI=1S/C34H36N4O2P4S/c1-29-25-27-34(28-26-29)45(39,40)38-41(2,3)42(4)35-43(30-17-9-5-10-18-30,31-19-11-6-12-20-31)37-44(36-42,32-21-13-7-14-22-32)33-23-15-8-16-24-33/h5-28H,1-4H3. The van der Waals surface area contributed by atoms with Crippen molar-refractivity contribution in [2.75, 3.05) is 20.0 Å². The predicted molar refractivity (Wildman–Crippen MR) is 198 cm³/mol. The van der Waals surface area contributed by atoms with E-state index in [4.69, 9.17) is 17.7 Å². The number of nitrogens with zero attached hydrogens (tertiary/aromatic N) is 4. The van der Waals surface area contributed by atoms with Crippen molar-refractivity contribution in [2.45, 2.75) is 11.8 Å². The first-order valence-corrected chi connectivity index (χ1v) is 24.8. The van der Waals surface area contributed by atoms with Crippen LogP contribution in [0.5, 0.6) is 0 Å². The SMILES string of the molecule is Cc1ccc(S(=O)(=O)N=P(C)(C)P2(C)=NP(c3ccccc3)(c3ccccc3)=NP(c3ccccc3)(c3ccccc3)=N2)cc1. The van der Waals surface area contributed by atoms with Gasteiger partial charge in [0.2, 0.25) is 0 Å². The van der Waals surface area contributed by atoms with E-state index in [0.717, 1.165) is 26.8 Å². The van der Waals surface area contributed by atoms with E-state index in [1.54, 1.807) is 12.1 Å². The van der Waals surface area contributed by atoms with E-state index in [9.17, 15) is 8.42 Å². The van der Waals surface area contributed by atoms with E-state index in [-0.39, 0.29) is 4.90 Å². The van der Waals surface area contributed by atoms with Gasteiger partial charge in [-0.3, -0.25) is 0 Å². The highest BCUT2D eigenvalue weighted by Crippen LogP contribution is 2.89. The summed E-state index contributed by atoms with van der Waals surface area (Å²) in [5.41, 5.74) is 0.988. The van der Waals surface area contributed by atoms with Gasteiger partial charge in [0.05, 0.1) is 4.90 Å². The molecule has 0 aliphatic carbocycles. The fourth-order valence-corrected chi connectivity index (χ4v) is 31.1. The largest absolute Gasteiger partial charge is 0.281 e. The summed E-state index contributed by atoms with van der Waals surface area (Å²) in [6.07, 6.45) is 0. The van der Waals surface area contributed by atoms with Crippen LogP contribution >= 0.6 is 28.0 Å². The van der Waals surface area contributed by atoms with Crippen LogP contribution in [0.25, 0.3) is 0 Å². The van der Waals surface area contributed by atoms with Gasteiger partial charge in [0.15, 0.2) is 0 Å². The van der Waals surface area contributed by atoms with Crippen LogP contribution in [0, 0.1) is 6.92 Å². The lowest BCUT2D eigenvalue weighted by atomic mass is 10.2. The highest BCUT2D eigenvalue weighted by atomic mass is 32.2. The minimum absolute atomic E-state index is 0.189. The third-order valence-electron chi connectivity index (χ3n) is 7.87. The number of benzene rings is 5. The van der Waals surface area contributed by atoms with E-state index in [0.29, 0.717) is 0 Å². The van der Waals surface area contributed by atoms with Crippen LogP contribution in [0.15, 0.2) is 168 Å². The first-order chi connectivity index (χ1) is 21.5. The molecule has 5 aromatic rings. The Hall–Kier alpha value is -3.03. The molecule has 6 rings (SSSR count). The molecule has 0 fully saturated rings. The lowest BCUT2D eigenvalue weighted by molar-refractivity contribution is 0.598. The third kappa shape index (κ3) is 5.98. The van der Waals surface area contributed by atoms with E-state index in [2.05, 4.69) is 55.2 Å². The van der Waals surface area contributed by atoms with E-state index in [1.165, 1.54) is 0 Å². The molecular formula is C34H36N4O2P4S. The summed E-state index contributed by atoms with van der Waals surface area (Å²) in [4.78, 5) is 0.189. The maximum absolute atomic E-state index is 13.9. The zero-order valence-corrected chi connectivity index (χ0v) is 30.1. The summed E-state index contributed by atoms with van der Waals surface area (Å²) in [6.45, 7) is 2.36. The fourth-order valence-electron chi connectivity index (χ4n) is 5.27. The summed E-state index contributed by atoms with van der Waals surface area (Å²) < 4.78 is 50.2. The zero-order valence-electron chi connectivity index (χ0n) is 25.7. The first-order valence-electron chi connectivity index (χ1n) is 14.5. The molecule has 45 heavy (non-hydrogen) atoms. The Morgan fingerprint density at radius 2 is 0.889 bits per heavy atom. The van der Waals surface area contributed by atoms with Gasteiger partial charge in [-0.1, -0.05) is 139 Å².